The van der Waals surface area contributed by atoms with E-state index in [0.29, 0.717) is 10.8 Å². The number of hydrogen-bond donors (Lipinski definition) is 2. The predicted molar refractivity (Wildman–Crippen MR) is 90.3 cm³/mol. The number of H-pyrrole nitrogens is 1. The Morgan fingerprint density at radius 3 is 2.91 bits per heavy atom. The van der Waals surface area contributed by atoms with Gasteiger partial charge >= 0.3 is 0 Å². The van der Waals surface area contributed by atoms with Gasteiger partial charge in [-0.3, -0.25) is 0 Å². The van der Waals surface area contributed by atoms with Gasteiger partial charge in [-0.1, -0.05) is 29.5 Å². The minimum atomic E-state index is -0.00210. The summed E-state index contributed by atoms with van der Waals surface area (Å²) in [6.45, 7) is 0. The van der Waals surface area contributed by atoms with Crippen molar-refractivity contribution in [3.8, 4) is 11.6 Å². The van der Waals surface area contributed by atoms with Gasteiger partial charge in [0.05, 0.1) is 22.8 Å². The van der Waals surface area contributed by atoms with Gasteiger partial charge in [0.2, 0.25) is 11.0 Å². The second-order valence-corrected chi connectivity index (χ2v) is 5.91. The summed E-state index contributed by atoms with van der Waals surface area (Å²) in [5.74, 6) is 0.775. The molecule has 0 saturated heterocycles. The van der Waals surface area contributed by atoms with Crippen LogP contribution in [-0.2, 0) is 0 Å². The molecule has 114 valence electrons. The van der Waals surface area contributed by atoms with Crippen molar-refractivity contribution in [1.29, 1.82) is 0 Å². The summed E-state index contributed by atoms with van der Waals surface area (Å²) in [6.07, 6.45) is 0. The summed E-state index contributed by atoms with van der Waals surface area (Å²) in [7, 11) is 1.63. The lowest BCUT2D eigenvalue weighted by molar-refractivity contribution is 0.415. The van der Waals surface area contributed by atoms with E-state index in [0.717, 1.165) is 26.9 Å². The first-order valence-corrected chi connectivity index (χ1v) is 7.72. The minimum Gasteiger partial charge on any atom is -0.497 e. The number of nitrogens with zero attached hydrogens (tertiary/aromatic N) is 3. The van der Waals surface area contributed by atoms with Crippen LogP contribution in [0.2, 0.25) is 0 Å². The number of thiazole rings is 1. The molecule has 6 nitrogen and oxygen atoms in total. The quantitative estimate of drug-likeness (QED) is 0.525. The molecular weight excluding hydrogens is 312 g/mol. The van der Waals surface area contributed by atoms with E-state index in [1.54, 1.807) is 7.11 Å². The fraction of sp³-hybridized carbons (Fsp3) is 0.0625. The van der Waals surface area contributed by atoms with Gasteiger partial charge in [0.15, 0.2) is 5.69 Å². The summed E-state index contributed by atoms with van der Waals surface area (Å²) in [5, 5.41) is 19.6. The van der Waals surface area contributed by atoms with Gasteiger partial charge in [-0.05, 0) is 24.3 Å². The summed E-state index contributed by atoms with van der Waals surface area (Å²) in [4.78, 5) is 7.28. The molecule has 0 atom stereocenters. The zero-order valence-corrected chi connectivity index (χ0v) is 13.0. The van der Waals surface area contributed by atoms with Crippen LogP contribution in [0.5, 0.6) is 11.6 Å². The zero-order valence-electron chi connectivity index (χ0n) is 12.1. The molecule has 4 rings (SSSR count). The van der Waals surface area contributed by atoms with Crippen LogP contribution in [0, 0.1) is 0 Å². The number of benzene rings is 2. The molecule has 2 N–H and O–H groups in total. The lowest BCUT2D eigenvalue weighted by Crippen LogP contribution is -1.80. The van der Waals surface area contributed by atoms with Gasteiger partial charge in [0.1, 0.15) is 5.75 Å². The van der Waals surface area contributed by atoms with Crippen molar-refractivity contribution in [2.24, 2.45) is 10.2 Å². The van der Waals surface area contributed by atoms with Crippen molar-refractivity contribution in [3.05, 3.63) is 42.5 Å². The van der Waals surface area contributed by atoms with Crippen molar-refractivity contribution >= 4 is 43.3 Å². The number of aromatic nitrogens is 2. The second kappa shape index (κ2) is 5.36. The Hall–Kier alpha value is -2.93. The highest BCUT2D eigenvalue weighted by atomic mass is 32.1. The number of aromatic amines is 1. The highest BCUT2D eigenvalue weighted by Crippen LogP contribution is 2.37. The summed E-state index contributed by atoms with van der Waals surface area (Å²) >= 11 is 1.42. The molecule has 0 bridgehead atoms. The maximum absolute atomic E-state index is 9.98. The van der Waals surface area contributed by atoms with Gasteiger partial charge < -0.3 is 14.8 Å². The maximum Gasteiger partial charge on any atom is 0.231 e. The summed E-state index contributed by atoms with van der Waals surface area (Å²) in [5.41, 5.74) is 2.07. The third kappa shape index (κ3) is 2.40. The van der Waals surface area contributed by atoms with Crippen molar-refractivity contribution in [1.82, 2.24) is 9.97 Å². The highest BCUT2D eigenvalue weighted by molar-refractivity contribution is 7.21. The van der Waals surface area contributed by atoms with Crippen molar-refractivity contribution in [3.63, 3.8) is 0 Å². The van der Waals surface area contributed by atoms with Crippen LogP contribution in [-0.4, -0.2) is 22.2 Å². The van der Waals surface area contributed by atoms with Gasteiger partial charge in [-0.15, -0.1) is 10.2 Å². The number of fused-ring (bicyclic) bond motifs is 2. The highest BCUT2D eigenvalue weighted by Gasteiger charge is 2.10. The number of methoxy groups -OCH3 is 1. The molecular formula is C16H12N4O2S. The molecule has 0 spiro atoms. The average molecular weight is 324 g/mol. The van der Waals surface area contributed by atoms with E-state index in [4.69, 9.17) is 4.74 Å². The monoisotopic (exact) mass is 324 g/mol. The SMILES string of the molecule is COc1ccc2nc(N=Nc3c(O)[nH]c4ccccc34)sc2c1. The van der Waals surface area contributed by atoms with E-state index in [1.807, 2.05) is 42.5 Å². The standard InChI is InChI=1S/C16H12N4O2S/c1-22-9-6-7-12-13(8-9)23-16(18-12)20-19-14-10-4-2-3-5-11(10)17-15(14)21/h2-8,17,21H,1H3. The number of azo groups is 1. The van der Waals surface area contributed by atoms with Crippen molar-refractivity contribution in [2.45, 2.75) is 0 Å². The molecule has 0 amide bonds. The molecule has 0 aliphatic heterocycles. The van der Waals surface area contributed by atoms with Gasteiger partial charge in [0, 0.05) is 5.39 Å². The van der Waals surface area contributed by atoms with E-state index >= 15 is 0 Å². The first-order chi connectivity index (χ1) is 11.2. The molecule has 0 fully saturated rings. The normalized spacial score (nSPS) is 11.7. The average Bonchev–Trinajstić information content (AvgIpc) is 3.11. The predicted octanol–water partition coefficient (Wildman–Crippen LogP) is 4.91. The molecule has 2 heterocycles. The van der Waals surface area contributed by atoms with E-state index in [2.05, 4.69) is 20.2 Å². The van der Waals surface area contributed by atoms with Crippen LogP contribution < -0.4 is 4.74 Å². The van der Waals surface area contributed by atoms with E-state index in [9.17, 15) is 5.11 Å². The van der Waals surface area contributed by atoms with Crippen LogP contribution >= 0.6 is 11.3 Å². The Labute approximate surface area is 135 Å². The molecule has 0 aliphatic rings. The molecule has 0 radical (unpaired) electrons. The molecule has 0 aliphatic carbocycles. The molecule has 7 heteroatoms. The number of rotatable bonds is 3. The molecule has 2 aromatic heterocycles. The third-order valence-corrected chi connectivity index (χ3v) is 4.38. The fourth-order valence-corrected chi connectivity index (χ4v) is 3.19. The molecule has 4 aromatic rings. The Morgan fingerprint density at radius 2 is 2.04 bits per heavy atom. The van der Waals surface area contributed by atoms with E-state index in [-0.39, 0.29) is 5.88 Å². The topological polar surface area (TPSA) is 82.9 Å². The van der Waals surface area contributed by atoms with Gasteiger partial charge in [-0.2, -0.15) is 0 Å². The smallest absolute Gasteiger partial charge is 0.231 e. The number of nitrogens with one attached hydrogen (secondary N) is 1. The zero-order chi connectivity index (χ0) is 15.8. The number of aromatic hydroxyl groups is 1. The Morgan fingerprint density at radius 1 is 1.17 bits per heavy atom. The summed E-state index contributed by atoms with van der Waals surface area (Å²) in [6, 6.07) is 13.2. The Balaban J connectivity index is 1.74. The van der Waals surface area contributed by atoms with Crippen molar-refractivity contribution in [2.75, 3.05) is 7.11 Å². The molecule has 0 saturated carbocycles. The van der Waals surface area contributed by atoms with E-state index < -0.39 is 0 Å². The molecule has 0 unspecified atom stereocenters. The van der Waals surface area contributed by atoms with E-state index in [1.165, 1.54) is 11.3 Å². The molecule has 23 heavy (non-hydrogen) atoms. The lowest BCUT2D eigenvalue weighted by atomic mass is 10.2. The lowest BCUT2D eigenvalue weighted by Gasteiger charge is -1.96. The second-order valence-electron chi connectivity index (χ2n) is 4.90. The summed E-state index contributed by atoms with van der Waals surface area (Å²) < 4.78 is 6.18. The van der Waals surface area contributed by atoms with Crippen molar-refractivity contribution < 1.29 is 9.84 Å². The molecule has 2 aromatic carbocycles. The van der Waals surface area contributed by atoms with Crippen LogP contribution in [0.15, 0.2) is 52.7 Å². The fourth-order valence-electron chi connectivity index (χ4n) is 2.37. The first kappa shape index (κ1) is 13.7. The maximum atomic E-state index is 9.98. The largest absolute Gasteiger partial charge is 0.497 e. The van der Waals surface area contributed by atoms with Crippen LogP contribution in [0.4, 0.5) is 10.8 Å². The number of hydrogen-bond acceptors (Lipinski definition) is 6. The Bertz CT molecular complexity index is 1040. The minimum absolute atomic E-state index is 0.00210. The number of para-hydroxylation sites is 1. The number of ether oxygens (including phenoxy) is 1. The van der Waals surface area contributed by atoms with Gasteiger partial charge in [-0.25, -0.2) is 4.98 Å². The van der Waals surface area contributed by atoms with Crippen LogP contribution in [0.3, 0.4) is 0 Å². The Kier molecular flexibility index (Phi) is 3.20. The third-order valence-electron chi connectivity index (χ3n) is 3.48. The van der Waals surface area contributed by atoms with Gasteiger partial charge in [0.25, 0.3) is 0 Å². The van der Waals surface area contributed by atoms with Crippen LogP contribution in [0.25, 0.3) is 21.1 Å². The first-order valence-electron chi connectivity index (χ1n) is 6.90. The van der Waals surface area contributed by atoms with Crippen LogP contribution in [0.1, 0.15) is 0 Å².